The number of hydrogen-bond donors (Lipinski definition) is 3. The Morgan fingerprint density at radius 3 is 2.70 bits per heavy atom. The fraction of sp³-hybridized carbons (Fsp3) is 0.667. The maximum absolute atomic E-state index is 12.7. The molecule has 0 spiro atoms. The third-order valence-electron chi connectivity index (χ3n) is 5.60. The molecule has 2 fully saturated rings. The number of amides is 1. The Morgan fingerprint density at radius 1 is 1.26 bits per heavy atom. The summed E-state index contributed by atoms with van der Waals surface area (Å²) < 4.78 is 5.58. The number of hydrogen-bond acceptors (Lipinski definition) is 5. The summed E-state index contributed by atoms with van der Waals surface area (Å²) in [7, 11) is 1.71. The lowest BCUT2D eigenvalue weighted by atomic mass is 9.99. The van der Waals surface area contributed by atoms with Gasteiger partial charge in [-0.15, -0.1) is 0 Å². The highest BCUT2D eigenvalue weighted by atomic mass is 16.5. The lowest BCUT2D eigenvalue weighted by molar-refractivity contribution is -0.123. The predicted octanol–water partition coefficient (Wildman–Crippen LogP) is 2.23. The number of carbonyl (C=O) groups excluding carboxylic acids is 1. The maximum atomic E-state index is 12.7. The minimum Gasteiger partial charge on any atom is -0.496 e. The van der Waals surface area contributed by atoms with Crippen molar-refractivity contribution in [3.63, 3.8) is 0 Å². The van der Waals surface area contributed by atoms with Gasteiger partial charge in [0.2, 0.25) is 5.91 Å². The van der Waals surface area contributed by atoms with Gasteiger partial charge in [0.15, 0.2) is 0 Å². The van der Waals surface area contributed by atoms with Gasteiger partial charge in [0.05, 0.1) is 13.2 Å². The van der Waals surface area contributed by atoms with Crippen LogP contribution < -0.4 is 20.9 Å². The zero-order valence-electron chi connectivity index (χ0n) is 16.8. The van der Waals surface area contributed by atoms with Crippen LogP contribution in [0.4, 0.5) is 0 Å². The van der Waals surface area contributed by atoms with Crippen LogP contribution in [0, 0.1) is 5.92 Å². The zero-order valence-corrected chi connectivity index (χ0v) is 16.8. The zero-order chi connectivity index (χ0) is 19.2. The molecule has 2 aliphatic rings. The molecule has 1 amide bonds. The standard InChI is InChI=1S/C21H34N4O2/c1-15(2)12-16-13-18(24-23-16)21(26)22-14-19(25-10-6-7-11-25)17-8-4-5-9-20(17)27-3/h4-5,8-9,15-16,18-19,23-24H,6-7,10-14H2,1-3H3,(H,22,26). The van der Waals surface area contributed by atoms with Gasteiger partial charge in [-0.25, -0.2) is 5.43 Å². The first kappa shape index (κ1) is 20.1. The lowest BCUT2D eigenvalue weighted by Gasteiger charge is -2.29. The summed E-state index contributed by atoms with van der Waals surface area (Å²) in [6.07, 6.45) is 4.34. The van der Waals surface area contributed by atoms with Crippen molar-refractivity contribution < 1.29 is 9.53 Å². The van der Waals surface area contributed by atoms with E-state index in [1.54, 1.807) is 7.11 Å². The Hall–Kier alpha value is -1.63. The fourth-order valence-corrected chi connectivity index (χ4v) is 4.27. The monoisotopic (exact) mass is 374 g/mol. The summed E-state index contributed by atoms with van der Waals surface area (Å²) in [5, 5.41) is 3.19. The molecule has 3 atom stereocenters. The average molecular weight is 375 g/mol. The van der Waals surface area contributed by atoms with Gasteiger partial charge < -0.3 is 10.1 Å². The Labute approximate surface area is 163 Å². The van der Waals surface area contributed by atoms with Gasteiger partial charge in [-0.3, -0.25) is 15.1 Å². The molecule has 2 aliphatic heterocycles. The fourth-order valence-electron chi connectivity index (χ4n) is 4.27. The number of carbonyl (C=O) groups is 1. The second kappa shape index (κ2) is 9.53. The third kappa shape index (κ3) is 5.21. The van der Waals surface area contributed by atoms with Gasteiger partial charge in [0.1, 0.15) is 11.8 Å². The van der Waals surface area contributed by atoms with E-state index in [4.69, 9.17) is 4.74 Å². The molecule has 0 saturated carbocycles. The number of nitrogens with zero attached hydrogens (tertiary/aromatic N) is 1. The van der Waals surface area contributed by atoms with E-state index in [0.717, 1.165) is 37.2 Å². The molecule has 2 heterocycles. The molecule has 150 valence electrons. The molecule has 6 heteroatoms. The molecule has 3 unspecified atom stereocenters. The van der Waals surface area contributed by atoms with Crippen LogP contribution in [0.5, 0.6) is 5.75 Å². The van der Waals surface area contributed by atoms with Crippen LogP contribution in [0.2, 0.25) is 0 Å². The van der Waals surface area contributed by atoms with Gasteiger partial charge in [-0.2, -0.15) is 0 Å². The topological polar surface area (TPSA) is 65.6 Å². The van der Waals surface area contributed by atoms with Crippen LogP contribution >= 0.6 is 0 Å². The third-order valence-corrected chi connectivity index (χ3v) is 5.60. The smallest absolute Gasteiger partial charge is 0.238 e. The minimum atomic E-state index is -0.161. The Bertz CT molecular complexity index is 616. The lowest BCUT2D eigenvalue weighted by Crippen LogP contribution is -2.46. The van der Waals surface area contributed by atoms with Gasteiger partial charge in [0.25, 0.3) is 0 Å². The van der Waals surface area contributed by atoms with Crippen molar-refractivity contribution in [2.75, 3.05) is 26.7 Å². The molecule has 0 aromatic heterocycles. The van der Waals surface area contributed by atoms with E-state index in [9.17, 15) is 4.79 Å². The van der Waals surface area contributed by atoms with E-state index in [2.05, 4.69) is 41.0 Å². The largest absolute Gasteiger partial charge is 0.496 e. The Morgan fingerprint density at radius 2 is 2.00 bits per heavy atom. The van der Waals surface area contributed by atoms with Crippen molar-refractivity contribution in [3.05, 3.63) is 29.8 Å². The van der Waals surface area contributed by atoms with Crippen molar-refractivity contribution in [2.24, 2.45) is 5.92 Å². The number of para-hydroxylation sites is 1. The van der Waals surface area contributed by atoms with Crippen LogP contribution in [-0.2, 0) is 4.79 Å². The van der Waals surface area contributed by atoms with Gasteiger partial charge >= 0.3 is 0 Å². The number of nitrogens with one attached hydrogen (secondary N) is 3. The SMILES string of the molecule is COc1ccccc1C(CNC(=O)C1CC(CC(C)C)NN1)N1CCCC1. The van der Waals surface area contributed by atoms with E-state index in [0.29, 0.717) is 18.5 Å². The molecule has 3 N–H and O–H groups in total. The molecular weight excluding hydrogens is 340 g/mol. The number of benzene rings is 1. The summed E-state index contributed by atoms with van der Waals surface area (Å²) in [4.78, 5) is 15.2. The summed E-state index contributed by atoms with van der Waals surface area (Å²) in [6.45, 7) is 7.16. The number of ether oxygens (including phenoxy) is 1. The van der Waals surface area contributed by atoms with Crippen molar-refractivity contribution in [1.82, 2.24) is 21.1 Å². The number of rotatable bonds is 8. The minimum absolute atomic E-state index is 0.0767. The highest BCUT2D eigenvalue weighted by Crippen LogP contribution is 2.31. The molecular formula is C21H34N4O2. The Kier molecular flexibility index (Phi) is 7.10. The van der Waals surface area contributed by atoms with Crippen molar-refractivity contribution in [3.8, 4) is 5.75 Å². The molecule has 1 aromatic rings. The predicted molar refractivity (Wildman–Crippen MR) is 107 cm³/mol. The first-order valence-electron chi connectivity index (χ1n) is 10.2. The van der Waals surface area contributed by atoms with Crippen LogP contribution in [-0.4, -0.2) is 49.6 Å². The quantitative estimate of drug-likeness (QED) is 0.651. The number of likely N-dealkylation sites (tertiary alicyclic amines) is 1. The second-order valence-electron chi connectivity index (χ2n) is 8.15. The molecule has 0 radical (unpaired) electrons. The van der Waals surface area contributed by atoms with E-state index in [1.165, 1.54) is 12.8 Å². The molecule has 0 bridgehead atoms. The highest BCUT2D eigenvalue weighted by Gasteiger charge is 2.31. The van der Waals surface area contributed by atoms with E-state index < -0.39 is 0 Å². The normalized spacial score (nSPS) is 24.3. The second-order valence-corrected chi connectivity index (χ2v) is 8.15. The summed E-state index contributed by atoms with van der Waals surface area (Å²) in [6, 6.07) is 8.50. The molecule has 3 rings (SSSR count). The van der Waals surface area contributed by atoms with Crippen LogP contribution in [0.3, 0.4) is 0 Å². The van der Waals surface area contributed by atoms with Crippen molar-refractivity contribution in [1.29, 1.82) is 0 Å². The maximum Gasteiger partial charge on any atom is 0.238 e. The van der Waals surface area contributed by atoms with E-state index in [-0.39, 0.29) is 18.0 Å². The first-order chi connectivity index (χ1) is 13.1. The van der Waals surface area contributed by atoms with Crippen LogP contribution in [0.15, 0.2) is 24.3 Å². The summed E-state index contributed by atoms with van der Waals surface area (Å²) in [5.41, 5.74) is 7.59. The van der Waals surface area contributed by atoms with E-state index in [1.807, 2.05) is 18.2 Å². The average Bonchev–Trinajstić information content (AvgIpc) is 3.34. The van der Waals surface area contributed by atoms with Gasteiger partial charge in [-0.05, 0) is 50.8 Å². The van der Waals surface area contributed by atoms with Gasteiger partial charge in [0, 0.05) is 18.2 Å². The molecule has 0 aliphatic carbocycles. The molecule has 2 saturated heterocycles. The first-order valence-corrected chi connectivity index (χ1v) is 10.2. The number of methoxy groups -OCH3 is 1. The Balaban J connectivity index is 1.62. The summed E-state index contributed by atoms with van der Waals surface area (Å²) >= 11 is 0. The van der Waals surface area contributed by atoms with E-state index >= 15 is 0 Å². The number of hydrazine groups is 1. The van der Waals surface area contributed by atoms with Crippen LogP contribution in [0.1, 0.15) is 51.1 Å². The molecule has 6 nitrogen and oxygen atoms in total. The molecule has 27 heavy (non-hydrogen) atoms. The van der Waals surface area contributed by atoms with Crippen molar-refractivity contribution >= 4 is 5.91 Å². The van der Waals surface area contributed by atoms with Crippen LogP contribution in [0.25, 0.3) is 0 Å². The molecule has 1 aromatic carbocycles. The highest BCUT2D eigenvalue weighted by molar-refractivity contribution is 5.82. The summed E-state index contributed by atoms with van der Waals surface area (Å²) in [5.74, 6) is 1.59. The van der Waals surface area contributed by atoms with Crippen molar-refractivity contribution in [2.45, 2.75) is 57.7 Å². The van der Waals surface area contributed by atoms with Gasteiger partial charge in [-0.1, -0.05) is 32.0 Å².